The molecule has 1 rings (SSSR count). The fourth-order valence-corrected chi connectivity index (χ4v) is 2.41. The zero-order valence-electron chi connectivity index (χ0n) is 7.86. The van der Waals surface area contributed by atoms with Crippen molar-refractivity contribution in [2.24, 2.45) is 0 Å². The number of halogens is 3. The Kier molecular flexibility index (Phi) is 2.51. The van der Waals surface area contributed by atoms with Crippen molar-refractivity contribution >= 4 is 8.32 Å². The molecule has 0 bridgehead atoms. The molecule has 1 heterocycles. The van der Waals surface area contributed by atoms with Crippen LogP contribution in [0.5, 0.6) is 0 Å². The van der Waals surface area contributed by atoms with Crippen LogP contribution in [0.2, 0.25) is 19.6 Å². The van der Waals surface area contributed by atoms with Crippen LogP contribution in [0.1, 0.15) is 6.42 Å². The molecule has 13 heavy (non-hydrogen) atoms. The van der Waals surface area contributed by atoms with Crippen LogP contribution in [0.3, 0.4) is 0 Å². The van der Waals surface area contributed by atoms with E-state index in [4.69, 9.17) is 4.43 Å². The van der Waals surface area contributed by atoms with Crippen molar-refractivity contribution in [3.05, 3.63) is 0 Å². The zero-order chi connectivity index (χ0) is 10.3. The van der Waals surface area contributed by atoms with Gasteiger partial charge in [0.05, 0.1) is 6.61 Å². The van der Waals surface area contributed by atoms with E-state index in [9.17, 15) is 13.2 Å². The summed E-state index contributed by atoms with van der Waals surface area (Å²) in [4.78, 5) is 0. The van der Waals surface area contributed by atoms with Crippen molar-refractivity contribution < 1.29 is 22.3 Å². The summed E-state index contributed by atoms with van der Waals surface area (Å²) < 4.78 is 46.9. The Hall–Kier alpha value is -0.0731. The van der Waals surface area contributed by atoms with E-state index < -0.39 is 20.3 Å². The highest BCUT2D eigenvalue weighted by Crippen LogP contribution is 2.44. The van der Waals surface area contributed by atoms with Gasteiger partial charge in [0.25, 0.3) is 5.79 Å². The van der Waals surface area contributed by atoms with Crippen LogP contribution in [0.15, 0.2) is 0 Å². The Balaban J connectivity index is 2.72. The minimum absolute atomic E-state index is 0.0826. The van der Waals surface area contributed by atoms with Gasteiger partial charge in [0.2, 0.25) is 0 Å². The lowest BCUT2D eigenvalue weighted by molar-refractivity contribution is -0.403. The van der Waals surface area contributed by atoms with Gasteiger partial charge in [-0.15, -0.1) is 0 Å². The quantitative estimate of drug-likeness (QED) is 0.657. The second kappa shape index (κ2) is 2.96. The van der Waals surface area contributed by atoms with Crippen molar-refractivity contribution in [1.29, 1.82) is 0 Å². The lowest BCUT2D eigenvalue weighted by Crippen LogP contribution is -2.61. The molecule has 1 fully saturated rings. The van der Waals surface area contributed by atoms with Gasteiger partial charge < -0.3 is 9.16 Å². The summed E-state index contributed by atoms with van der Waals surface area (Å²) in [6, 6.07) is 0. The summed E-state index contributed by atoms with van der Waals surface area (Å²) in [6.07, 6.45) is -4.49. The third kappa shape index (κ3) is 2.24. The van der Waals surface area contributed by atoms with Crippen LogP contribution < -0.4 is 0 Å². The van der Waals surface area contributed by atoms with Gasteiger partial charge in [-0.25, -0.2) is 0 Å². The van der Waals surface area contributed by atoms with Gasteiger partial charge in [0.1, 0.15) is 0 Å². The second-order valence-corrected chi connectivity index (χ2v) is 8.49. The first-order valence-electron chi connectivity index (χ1n) is 4.07. The van der Waals surface area contributed by atoms with Crippen molar-refractivity contribution in [1.82, 2.24) is 0 Å². The molecule has 0 N–H and O–H groups in total. The first-order valence-corrected chi connectivity index (χ1v) is 7.48. The maximum Gasteiger partial charge on any atom is 0.442 e. The van der Waals surface area contributed by atoms with Crippen molar-refractivity contribution in [2.45, 2.75) is 38.0 Å². The first kappa shape index (κ1) is 11.0. The average molecular weight is 214 g/mol. The standard InChI is InChI=1S/C7H13F3O2Si/c1-13(2,3)12-6(4-5-11-6)7(8,9)10/h4-5H2,1-3H3. The van der Waals surface area contributed by atoms with Crippen molar-refractivity contribution in [3.8, 4) is 0 Å². The molecule has 1 aliphatic rings. The molecule has 1 unspecified atom stereocenters. The molecule has 1 saturated heterocycles. The van der Waals surface area contributed by atoms with E-state index in [2.05, 4.69) is 4.74 Å². The highest BCUT2D eigenvalue weighted by molar-refractivity contribution is 6.69. The minimum Gasteiger partial charge on any atom is -0.384 e. The predicted octanol–water partition coefficient (Wildman–Crippen LogP) is 2.52. The lowest BCUT2D eigenvalue weighted by Gasteiger charge is -2.45. The van der Waals surface area contributed by atoms with E-state index in [-0.39, 0.29) is 13.0 Å². The molecule has 1 aliphatic heterocycles. The molecule has 78 valence electrons. The lowest BCUT2D eigenvalue weighted by atomic mass is 10.1. The fourth-order valence-electron chi connectivity index (χ4n) is 1.14. The molecule has 1 atom stereocenters. The SMILES string of the molecule is C[Si](C)(C)OC1(C(F)(F)F)CCO1. The number of alkyl halides is 3. The number of hydrogen-bond acceptors (Lipinski definition) is 2. The van der Waals surface area contributed by atoms with Gasteiger partial charge in [-0.05, 0) is 19.6 Å². The zero-order valence-corrected chi connectivity index (χ0v) is 8.86. The highest BCUT2D eigenvalue weighted by Gasteiger charge is 2.63. The molecule has 0 saturated carbocycles. The molecule has 0 spiro atoms. The monoisotopic (exact) mass is 214 g/mol. The Morgan fingerprint density at radius 2 is 1.77 bits per heavy atom. The van der Waals surface area contributed by atoms with Gasteiger partial charge in [0, 0.05) is 6.42 Å². The van der Waals surface area contributed by atoms with E-state index in [1.807, 2.05) is 0 Å². The normalized spacial score (nSPS) is 30.0. The molecule has 0 aromatic rings. The summed E-state index contributed by atoms with van der Waals surface area (Å²) in [5.74, 6) is -2.29. The van der Waals surface area contributed by atoms with Crippen molar-refractivity contribution in [3.63, 3.8) is 0 Å². The third-order valence-electron chi connectivity index (χ3n) is 1.67. The Labute approximate surface area is 76.2 Å². The van der Waals surface area contributed by atoms with E-state index in [0.717, 1.165) is 0 Å². The van der Waals surface area contributed by atoms with Crippen LogP contribution in [-0.2, 0) is 9.16 Å². The summed E-state index contributed by atoms with van der Waals surface area (Å²) in [5.41, 5.74) is 0. The highest BCUT2D eigenvalue weighted by atomic mass is 28.4. The second-order valence-electron chi connectivity index (χ2n) is 4.06. The van der Waals surface area contributed by atoms with Gasteiger partial charge in [0.15, 0.2) is 8.32 Å². The smallest absolute Gasteiger partial charge is 0.384 e. The Morgan fingerprint density at radius 1 is 1.31 bits per heavy atom. The molecule has 0 amide bonds. The topological polar surface area (TPSA) is 18.5 Å². The Morgan fingerprint density at radius 3 is 1.85 bits per heavy atom. The van der Waals surface area contributed by atoms with Gasteiger partial charge in [-0.1, -0.05) is 0 Å². The molecular formula is C7H13F3O2Si. The molecule has 0 aromatic carbocycles. The number of hydrogen-bond donors (Lipinski definition) is 0. The van der Waals surface area contributed by atoms with Gasteiger partial charge in [-0.2, -0.15) is 13.2 Å². The minimum atomic E-state index is -4.41. The fraction of sp³-hybridized carbons (Fsp3) is 1.00. The van der Waals surface area contributed by atoms with Crippen molar-refractivity contribution in [2.75, 3.05) is 6.61 Å². The van der Waals surface area contributed by atoms with Crippen LogP contribution in [0.4, 0.5) is 13.2 Å². The molecule has 0 aromatic heterocycles. The molecule has 2 nitrogen and oxygen atoms in total. The van der Waals surface area contributed by atoms with E-state index >= 15 is 0 Å². The third-order valence-corrected chi connectivity index (χ3v) is 2.61. The van der Waals surface area contributed by atoms with E-state index in [1.165, 1.54) is 0 Å². The maximum absolute atomic E-state index is 12.5. The molecule has 0 aliphatic carbocycles. The summed E-state index contributed by atoms with van der Waals surface area (Å²) in [5, 5.41) is 0. The summed E-state index contributed by atoms with van der Waals surface area (Å²) >= 11 is 0. The number of rotatable bonds is 2. The summed E-state index contributed by atoms with van der Waals surface area (Å²) in [6.45, 7) is 5.26. The largest absolute Gasteiger partial charge is 0.442 e. The predicted molar refractivity (Wildman–Crippen MR) is 43.8 cm³/mol. The molecular weight excluding hydrogens is 201 g/mol. The molecule has 0 radical (unpaired) electrons. The summed E-state index contributed by atoms with van der Waals surface area (Å²) in [7, 11) is -2.22. The van der Waals surface area contributed by atoms with E-state index in [1.54, 1.807) is 19.6 Å². The first-order chi connectivity index (χ1) is 5.66. The number of ether oxygens (including phenoxy) is 1. The van der Waals surface area contributed by atoms with Gasteiger partial charge in [-0.3, -0.25) is 0 Å². The Bertz CT molecular complexity index is 193. The van der Waals surface area contributed by atoms with Crippen LogP contribution in [0.25, 0.3) is 0 Å². The van der Waals surface area contributed by atoms with Crippen LogP contribution in [0, 0.1) is 0 Å². The van der Waals surface area contributed by atoms with E-state index in [0.29, 0.717) is 0 Å². The van der Waals surface area contributed by atoms with Crippen LogP contribution >= 0.6 is 0 Å². The van der Waals surface area contributed by atoms with Crippen LogP contribution in [-0.4, -0.2) is 26.9 Å². The average Bonchev–Trinajstić information content (AvgIpc) is 1.73. The maximum atomic E-state index is 12.5. The van der Waals surface area contributed by atoms with Gasteiger partial charge >= 0.3 is 6.18 Å². The molecule has 6 heteroatoms.